The lowest BCUT2D eigenvalue weighted by atomic mass is 10.2. The van der Waals surface area contributed by atoms with Gasteiger partial charge in [0.05, 0.1) is 0 Å². The van der Waals surface area contributed by atoms with Gasteiger partial charge in [-0.3, -0.25) is 4.79 Å². The van der Waals surface area contributed by atoms with E-state index in [1.54, 1.807) is 12.2 Å². The molecule has 1 aliphatic heterocycles. The molecule has 2 N–H and O–H groups in total. The van der Waals surface area contributed by atoms with E-state index in [2.05, 4.69) is 10.6 Å². The molecule has 1 aromatic rings. The van der Waals surface area contributed by atoms with Crippen LogP contribution >= 0.6 is 0 Å². The van der Waals surface area contributed by atoms with E-state index in [0.29, 0.717) is 6.54 Å². The topological polar surface area (TPSA) is 59.6 Å². The number of amides is 1. The molecular weight excluding hydrogens is 268 g/mol. The van der Waals surface area contributed by atoms with Gasteiger partial charge >= 0.3 is 0 Å². The third-order valence-electron chi connectivity index (χ3n) is 3.49. The lowest BCUT2D eigenvalue weighted by Crippen LogP contribution is -2.26. The SMILES string of the molecule is O=C(/C=C/c1ccc2c(c1)OCO2)NCCCNC1CC1. The van der Waals surface area contributed by atoms with Crippen molar-refractivity contribution in [1.29, 1.82) is 0 Å². The maximum atomic E-state index is 11.7. The van der Waals surface area contributed by atoms with Crippen LogP contribution in [0.15, 0.2) is 24.3 Å². The van der Waals surface area contributed by atoms with E-state index >= 15 is 0 Å². The first-order valence-electron chi connectivity index (χ1n) is 7.40. The minimum absolute atomic E-state index is 0.0703. The molecule has 112 valence electrons. The molecule has 1 heterocycles. The second kappa shape index (κ2) is 6.63. The van der Waals surface area contributed by atoms with E-state index in [1.165, 1.54) is 12.8 Å². The van der Waals surface area contributed by atoms with E-state index in [1.807, 2.05) is 18.2 Å². The second-order valence-electron chi connectivity index (χ2n) is 5.32. The first-order valence-corrected chi connectivity index (χ1v) is 7.40. The Bertz CT molecular complexity index is 538. The van der Waals surface area contributed by atoms with Gasteiger partial charge in [0.15, 0.2) is 11.5 Å². The Morgan fingerprint density at radius 3 is 2.95 bits per heavy atom. The molecule has 1 fully saturated rings. The Balaban J connectivity index is 1.39. The molecule has 0 saturated heterocycles. The van der Waals surface area contributed by atoms with Gasteiger partial charge in [-0.05, 0) is 49.6 Å². The van der Waals surface area contributed by atoms with E-state index in [4.69, 9.17) is 9.47 Å². The largest absolute Gasteiger partial charge is 0.454 e. The summed E-state index contributed by atoms with van der Waals surface area (Å²) in [6.45, 7) is 1.93. The fraction of sp³-hybridized carbons (Fsp3) is 0.438. The van der Waals surface area contributed by atoms with Gasteiger partial charge in [0.1, 0.15) is 0 Å². The first-order chi connectivity index (χ1) is 10.3. The van der Waals surface area contributed by atoms with Crippen LogP contribution in [-0.2, 0) is 4.79 Å². The molecule has 2 aliphatic rings. The van der Waals surface area contributed by atoms with E-state index < -0.39 is 0 Å². The van der Waals surface area contributed by atoms with Crippen LogP contribution in [0.4, 0.5) is 0 Å². The van der Waals surface area contributed by atoms with Gasteiger partial charge < -0.3 is 20.1 Å². The van der Waals surface area contributed by atoms with Gasteiger partial charge in [-0.1, -0.05) is 6.07 Å². The average molecular weight is 288 g/mol. The monoisotopic (exact) mass is 288 g/mol. The predicted molar refractivity (Wildman–Crippen MR) is 80.3 cm³/mol. The molecule has 1 saturated carbocycles. The van der Waals surface area contributed by atoms with Crippen LogP contribution in [0.3, 0.4) is 0 Å². The summed E-state index contributed by atoms with van der Waals surface area (Å²) in [5, 5.41) is 6.29. The second-order valence-corrected chi connectivity index (χ2v) is 5.32. The summed E-state index contributed by atoms with van der Waals surface area (Å²) in [5.41, 5.74) is 0.921. The summed E-state index contributed by atoms with van der Waals surface area (Å²) < 4.78 is 10.5. The van der Waals surface area contributed by atoms with Crippen molar-refractivity contribution in [3.8, 4) is 11.5 Å². The smallest absolute Gasteiger partial charge is 0.243 e. The summed E-state index contributed by atoms with van der Waals surface area (Å²) in [6, 6.07) is 6.35. The molecule has 0 spiro atoms. The molecule has 0 radical (unpaired) electrons. The van der Waals surface area contributed by atoms with Crippen molar-refractivity contribution in [3.05, 3.63) is 29.8 Å². The number of ether oxygens (including phenoxy) is 2. The Hall–Kier alpha value is -2.01. The number of hydrogen-bond acceptors (Lipinski definition) is 4. The van der Waals surface area contributed by atoms with Crippen LogP contribution in [0.1, 0.15) is 24.8 Å². The number of benzene rings is 1. The van der Waals surface area contributed by atoms with Crippen LogP contribution in [0.2, 0.25) is 0 Å². The van der Waals surface area contributed by atoms with Crippen molar-refractivity contribution in [2.75, 3.05) is 19.9 Å². The number of rotatable bonds is 7. The highest BCUT2D eigenvalue weighted by Crippen LogP contribution is 2.32. The third-order valence-corrected chi connectivity index (χ3v) is 3.49. The molecule has 21 heavy (non-hydrogen) atoms. The zero-order chi connectivity index (χ0) is 14.5. The summed E-state index contributed by atoms with van der Waals surface area (Å²) in [6.07, 6.45) is 6.88. The standard InChI is InChI=1S/C16H20N2O3/c19-16(18-9-1-8-17-13-4-5-13)7-3-12-2-6-14-15(10-12)21-11-20-14/h2-3,6-7,10,13,17H,1,4-5,8-9,11H2,(H,18,19)/b7-3+. The summed E-state index contributed by atoms with van der Waals surface area (Å²) >= 11 is 0. The number of carbonyl (C=O) groups excluding carboxylic acids is 1. The summed E-state index contributed by atoms with van der Waals surface area (Å²) in [7, 11) is 0. The Morgan fingerprint density at radius 1 is 1.24 bits per heavy atom. The number of fused-ring (bicyclic) bond motifs is 1. The quantitative estimate of drug-likeness (QED) is 0.592. The molecule has 0 aromatic heterocycles. The molecule has 1 aliphatic carbocycles. The van der Waals surface area contributed by atoms with Crippen molar-refractivity contribution in [2.24, 2.45) is 0 Å². The molecule has 5 heteroatoms. The van der Waals surface area contributed by atoms with Crippen LogP contribution in [0.25, 0.3) is 6.08 Å². The molecule has 3 rings (SSSR count). The van der Waals surface area contributed by atoms with Gasteiger partial charge in [0, 0.05) is 18.7 Å². The Labute approximate surface area is 124 Å². The van der Waals surface area contributed by atoms with Crippen LogP contribution in [0.5, 0.6) is 11.5 Å². The maximum Gasteiger partial charge on any atom is 0.243 e. The maximum absolute atomic E-state index is 11.7. The average Bonchev–Trinajstić information content (AvgIpc) is 3.20. The van der Waals surface area contributed by atoms with E-state index in [-0.39, 0.29) is 12.7 Å². The highest BCUT2D eigenvalue weighted by molar-refractivity contribution is 5.91. The van der Waals surface area contributed by atoms with Crippen molar-refractivity contribution in [2.45, 2.75) is 25.3 Å². The fourth-order valence-electron chi connectivity index (χ4n) is 2.14. The molecular formula is C16H20N2O3. The van der Waals surface area contributed by atoms with Crippen molar-refractivity contribution in [3.63, 3.8) is 0 Å². The van der Waals surface area contributed by atoms with Crippen molar-refractivity contribution < 1.29 is 14.3 Å². The molecule has 0 atom stereocenters. The van der Waals surface area contributed by atoms with E-state index in [0.717, 1.165) is 36.1 Å². The highest BCUT2D eigenvalue weighted by Gasteiger charge is 2.19. The van der Waals surface area contributed by atoms with Crippen LogP contribution in [-0.4, -0.2) is 31.8 Å². The van der Waals surface area contributed by atoms with Gasteiger partial charge in [0.25, 0.3) is 0 Å². The molecule has 0 unspecified atom stereocenters. The molecule has 5 nitrogen and oxygen atoms in total. The summed E-state index contributed by atoms with van der Waals surface area (Å²) in [5.74, 6) is 1.41. The fourth-order valence-corrected chi connectivity index (χ4v) is 2.14. The lowest BCUT2D eigenvalue weighted by Gasteiger charge is -2.03. The van der Waals surface area contributed by atoms with Gasteiger partial charge in [-0.25, -0.2) is 0 Å². The third kappa shape index (κ3) is 4.23. The number of carbonyl (C=O) groups is 1. The van der Waals surface area contributed by atoms with Crippen LogP contribution < -0.4 is 20.1 Å². The van der Waals surface area contributed by atoms with Gasteiger partial charge in [-0.2, -0.15) is 0 Å². The molecule has 1 aromatic carbocycles. The lowest BCUT2D eigenvalue weighted by molar-refractivity contribution is -0.116. The van der Waals surface area contributed by atoms with Crippen molar-refractivity contribution >= 4 is 12.0 Å². The molecule has 1 amide bonds. The zero-order valence-corrected chi connectivity index (χ0v) is 11.9. The number of nitrogens with one attached hydrogen (secondary N) is 2. The predicted octanol–water partition coefficient (Wildman–Crippen LogP) is 1.69. The van der Waals surface area contributed by atoms with E-state index in [9.17, 15) is 4.79 Å². The Morgan fingerprint density at radius 2 is 2.10 bits per heavy atom. The van der Waals surface area contributed by atoms with Crippen molar-refractivity contribution in [1.82, 2.24) is 10.6 Å². The summed E-state index contributed by atoms with van der Waals surface area (Å²) in [4.78, 5) is 11.7. The van der Waals surface area contributed by atoms with Gasteiger partial charge in [0.2, 0.25) is 12.7 Å². The molecule has 0 bridgehead atoms. The minimum atomic E-state index is -0.0703. The normalized spacial score (nSPS) is 16.4. The first kappa shape index (κ1) is 13.9. The Kier molecular flexibility index (Phi) is 4.40. The number of hydrogen-bond donors (Lipinski definition) is 2. The van der Waals surface area contributed by atoms with Crippen LogP contribution in [0, 0.1) is 0 Å². The zero-order valence-electron chi connectivity index (χ0n) is 11.9. The van der Waals surface area contributed by atoms with Gasteiger partial charge in [-0.15, -0.1) is 0 Å². The highest BCUT2D eigenvalue weighted by atomic mass is 16.7. The minimum Gasteiger partial charge on any atom is -0.454 e.